The molecule has 0 fully saturated rings. The van der Waals surface area contributed by atoms with Gasteiger partial charge in [0.1, 0.15) is 0 Å². The second-order valence-electron chi connectivity index (χ2n) is 6.12. The van der Waals surface area contributed by atoms with Crippen LogP contribution in [0.2, 0.25) is 0 Å². The maximum Gasteiger partial charge on any atom is 0.225 e. The van der Waals surface area contributed by atoms with E-state index in [1.165, 1.54) is 25.7 Å². The Hall–Kier alpha value is -0.530. The van der Waals surface area contributed by atoms with Gasteiger partial charge < -0.3 is 4.90 Å². The lowest BCUT2D eigenvalue weighted by Crippen LogP contribution is -2.32. The first-order valence-electron chi connectivity index (χ1n) is 7.07. The summed E-state index contributed by atoms with van der Waals surface area (Å²) >= 11 is 0. The summed E-state index contributed by atoms with van der Waals surface area (Å²) in [7, 11) is 3.72. The fraction of sp³-hybridized carbons (Fsp3) is 0.933. The van der Waals surface area contributed by atoms with Crippen molar-refractivity contribution in [3.05, 3.63) is 0 Å². The van der Waals surface area contributed by atoms with E-state index in [1.807, 2.05) is 14.1 Å². The molecule has 0 saturated carbocycles. The number of amides is 1. The summed E-state index contributed by atoms with van der Waals surface area (Å²) in [4.78, 5) is 13.7. The molecule has 0 rings (SSSR count). The molecule has 0 aromatic heterocycles. The van der Waals surface area contributed by atoms with E-state index in [1.54, 1.807) is 4.90 Å². The first-order valence-corrected chi connectivity index (χ1v) is 7.07. The van der Waals surface area contributed by atoms with E-state index in [0.29, 0.717) is 11.8 Å². The van der Waals surface area contributed by atoms with Gasteiger partial charge in [-0.25, -0.2) is 0 Å². The summed E-state index contributed by atoms with van der Waals surface area (Å²) in [6, 6.07) is 0. The third-order valence-corrected chi connectivity index (χ3v) is 3.36. The highest BCUT2D eigenvalue weighted by Crippen LogP contribution is 2.21. The van der Waals surface area contributed by atoms with Crippen LogP contribution in [-0.2, 0) is 4.79 Å². The highest BCUT2D eigenvalue weighted by molar-refractivity contribution is 5.78. The lowest BCUT2D eigenvalue weighted by molar-refractivity contribution is -0.134. The molecule has 2 nitrogen and oxygen atoms in total. The predicted octanol–water partition coefficient (Wildman–Crippen LogP) is 3.95. The number of carbonyl (C=O) groups excluding carboxylic acids is 1. The van der Waals surface area contributed by atoms with Gasteiger partial charge in [-0.1, -0.05) is 53.4 Å². The van der Waals surface area contributed by atoms with E-state index in [9.17, 15) is 4.79 Å². The van der Waals surface area contributed by atoms with Crippen LogP contribution in [0.25, 0.3) is 0 Å². The van der Waals surface area contributed by atoms with Gasteiger partial charge in [-0.15, -0.1) is 0 Å². The summed E-state index contributed by atoms with van der Waals surface area (Å²) < 4.78 is 0. The van der Waals surface area contributed by atoms with Gasteiger partial charge in [0.25, 0.3) is 0 Å². The van der Waals surface area contributed by atoms with Crippen molar-refractivity contribution in [3.8, 4) is 0 Å². The minimum atomic E-state index is 0.212. The van der Waals surface area contributed by atoms with Crippen LogP contribution in [0.5, 0.6) is 0 Å². The monoisotopic (exact) mass is 241 g/mol. The van der Waals surface area contributed by atoms with Crippen LogP contribution < -0.4 is 0 Å². The maximum atomic E-state index is 12.0. The molecule has 1 unspecified atom stereocenters. The van der Waals surface area contributed by atoms with Crippen LogP contribution in [0.1, 0.15) is 59.8 Å². The third-order valence-electron chi connectivity index (χ3n) is 3.36. The number of hydrogen-bond acceptors (Lipinski definition) is 1. The third kappa shape index (κ3) is 7.40. The summed E-state index contributed by atoms with van der Waals surface area (Å²) in [5.74, 6) is 1.77. The molecule has 1 amide bonds. The van der Waals surface area contributed by atoms with Crippen molar-refractivity contribution in [1.82, 2.24) is 4.90 Å². The number of hydrogen-bond donors (Lipinski definition) is 0. The smallest absolute Gasteiger partial charge is 0.225 e. The molecule has 0 aromatic rings. The summed E-state index contributed by atoms with van der Waals surface area (Å²) in [5, 5.41) is 0. The van der Waals surface area contributed by atoms with E-state index < -0.39 is 0 Å². The van der Waals surface area contributed by atoms with Crippen molar-refractivity contribution in [2.75, 3.05) is 14.1 Å². The molecule has 0 radical (unpaired) electrons. The summed E-state index contributed by atoms with van der Waals surface area (Å²) in [6.07, 6.45) is 6.12. The Morgan fingerprint density at radius 1 is 0.941 bits per heavy atom. The Kier molecular flexibility index (Phi) is 8.28. The molecule has 0 aliphatic heterocycles. The van der Waals surface area contributed by atoms with Crippen LogP contribution in [0, 0.1) is 17.8 Å². The Morgan fingerprint density at radius 2 is 1.47 bits per heavy atom. The maximum absolute atomic E-state index is 12.0. The highest BCUT2D eigenvalue weighted by Gasteiger charge is 2.22. The Balaban J connectivity index is 3.91. The lowest BCUT2D eigenvalue weighted by atomic mass is 9.89. The molecule has 17 heavy (non-hydrogen) atoms. The lowest BCUT2D eigenvalue weighted by Gasteiger charge is -2.23. The van der Waals surface area contributed by atoms with E-state index in [4.69, 9.17) is 0 Å². The second-order valence-corrected chi connectivity index (χ2v) is 6.12. The van der Waals surface area contributed by atoms with E-state index in [0.717, 1.165) is 12.3 Å². The van der Waals surface area contributed by atoms with Crippen molar-refractivity contribution in [3.63, 3.8) is 0 Å². The molecule has 2 heteroatoms. The van der Waals surface area contributed by atoms with Gasteiger partial charge in [-0.2, -0.15) is 0 Å². The first kappa shape index (κ1) is 16.5. The fourth-order valence-corrected chi connectivity index (χ4v) is 2.17. The minimum Gasteiger partial charge on any atom is -0.349 e. The van der Waals surface area contributed by atoms with Gasteiger partial charge in [0.15, 0.2) is 0 Å². The number of unbranched alkanes of at least 4 members (excludes halogenated alkanes) is 2. The quantitative estimate of drug-likeness (QED) is 0.589. The molecule has 1 atom stereocenters. The molecule has 0 saturated heterocycles. The molecule has 0 aliphatic carbocycles. The largest absolute Gasteiger partial charge is 0.349 e. The van der Waals surface area contributed by atoms with Gasteiger partial charge >= 0.3 is 0 Å². The van der Waals surface area contributed by atoms with Crippen molar-refractivity contribution < 1.29 is 4.79 Å². The average molecular weight is 241 g/mol. The molecule has 0 bridgehead atoms. The second kappa shape index (κ2) is 8.54. The first-order chi connectivity index (χ1) is 7.86. The molecule has 0 aliphatic rings. The van der Waals surface area contributed by atoms with Crippen LogP contribution in [-0.4, -0.2) is 24.9 Å². The molecule has 102 valence electrons. The standard InChI is InChI=1S/C15H31NO/c1-12(2)10-8-7-9-11-14(13(3)4)15(17)16(5)6/h12-14H,7-11H2,1-6H3. The van der Waals surface area contributed by atoms with Crippen LogP contribution >= 0.6 is 0 Å². The van der Waals surface area contributed by atoms with Crippen LogP contribution in [0.15, 0.2) is 0 Å². The van der Waals surface area contributed by atoms with Crippen molar-refractivity contribution >= 4 is 5.91 Å². The van der Waals surface area contributed by atoms with Gasteiger partial charge in [0.2, 0.25) is 5.91 Å². The number of rotatable bonds is 8. The summed E-state index contributed by atoms with van der Waals surface area (Å²) in [6.45, 7) is 8.85. The zero-order valence-electron chi connectivity index (χ0n) is 12.6. The van der Waals surface area contributed by atoms with E-state index in [2.05, 4.69) is 27.7 Å². The Bertz CT molecular complexity index is 209. The van der Waals surface area contributed by atoms with E-state index >= 15 is 0 Å². The topological polar surface area (TPSA) is 20.3 Å². The van der Waals surface area contributed by atoms with Crippen molar-refractivity contribution in [2.24, 2.45) is 17.8 Å². The van der Waals surface area contributed by atoms with Crippen LogP contribution in [0.3, 0.4) is 0 Å². The molecule has 0 N–H and O–H groups in total. The van der Waals surface area contributed by atoms with E-state index in [-0.39, 0.29) is 5.92 Å². The van der Waals surface area contributed by atoms with Crippen LogP contribution in [0.4, 0.5) is 0 Å². The van der Waals surface area contributed by atoms with Gasteiger partial charge in [0, 0.05) is 20.0 Å². The molecule has 0 aromatic carbocycles. The normalized spacial score (nSPS) is 13.2. The van der Waals surface area contributed by atoms with Gasteiger partial charge in [-0.05, 0) is 18.3 Å². The molecule has 0 spiro atoms. The highest BCUT2D eigenvalue weighted by atomic mass is 16.2. The fourth-order valence-electron chi connectivity index (χ4n) is 2.17. The molecular formula is C15H31NO. The predicted molar refractivity (Wildman–Crippen MR) is 74.9 cm³/mol. The SMILES string of the molecule is CC(C)CCCCCC(C(=O)N(C)C)C(C)C. The van der Waals surface area contributed by atoms with Crippen molar-refractivity contribution in [1.29, 1.82) is 0 Å². The van der Waals surface area contributed by atoms with Gasteiger partial charge in [0.05, 0.1) is 0 Å². The zero-order valence-corrected chi connectivity index (χ0v) is 12.6. The molecule has 0 heterocycles. The summed E-state index contributed by atoms with van der Waals surface area (Å²) in [5.41, 5.74) is 0. The molecular weight excluding hydrogens is 210 g/mol. The van der Waals surface area contributed by atoms with Crippen molar-refractivity contribution in [2.45, 2.75) is 59.8 Å². The average Bonchev–Trinajstić information content (AvgIpc) is 2.21. The minimum absolute atomic E-state index is 0.212. The van der Waals surface area contributed by atoms with Gasteiger partial charge in [-0.3, -0.25) is 4.79 Å². The number of carbonyl (C=O) groups is 1. The Labute approximate surface area is 108 Å². The Morgan fingerprint density at radius 3 is 1.88 bits per heavy atom. The zero-order chi connectivity index (χ0) is 13.4. The number of nitrogens with zero attached hydrogens (tertiary/aromatic N) is 1.